The van der Waals surface area contributed by atoms with E-state index in [1.165, 1.54) is 24.9 Å². The van der Waals surface area contributed by atoms with Gasteiger partial charge in [0.25, 0.3) is 0 Å². The van der Waals surface area contributed by atoms with Gasteiger partial charge in [-0.25, -0.2) is 0 Å². The maximum absolute atomic E-state index is 6.13. The number of hydrogen-bond acceptors (Lipinski definition) is 2. The van der Waals surface area contributed by atoms with Crippen molar-refractivity contribution < 1.29 is 0 Å². The molecule has 1 fully saturated rings. The van der Waals surface area contributed by atoms with E-state index in [4.69, 9.17) is 5.73 Å². The number of hydrogen-bond donors (Lipinski definition) is 1. The second kappa shape index (κ2) is 5.64. The maximum Gasteiger partial charge on any atom is 0.0312 e. The van der Waals surface area contributed by atoms with Crippen LogP contribution in [0.3, 0.4) is 0 Å². The van der Waals surface area contributed by atoms with Gasteiger partial charge in [-0.3, -0.25) is 4.90 Å². The van der Waals surface area contributed by atoms with Crippen molar-refractivity contribution in [3.05, 3.63) is 35.9 Å². The van der Waals surface area contributed by atoms with E-state index >= 15 is 0 Å². The van der Waals surface area contributed by atoms with Gasteiger partial charge in [-0.15, -0.1) is 0 Å². The van der Waals surface area contributed by atoms with Crippen molar-refractivity contribution in [3.8, 4) is 0 Å². The largest absolute Gasteiger partial charge is 0.329 e. The number of likely N-dealkylation sites (tertiary alicyclic amines) is 1. The van der Waals surface area contributed by atoms with Crippen molar-refractivity contribution in [3.63, 3.8) is 0 Å². The number of aryl methyl sites for hydroxylation is 1. The number of nitrogens with two attached hydrogens (primary N) is 1. The van der Waals surface area contributed by atoms with Crippen LogP contribution in [0.4, 0.5) is 0 Å². The molecule has 2 nitrogen and oxygen atoms in total. The molecule has 1 aromatic carbocycles. The minimum atomic E-state index is 0.121. The van der Waals surface area contributed by atoms with E-state index in [9.17, 15) is 0 Å². The highest BCUT2D eigenvalue weighted by atomic mass is 15.3. The topological polar surface area (TPSA) is 29.3 Å². The van der Waals surface area contributed by atoms with E-state index in [-0.39, 0.29) is 5.54 Å². The van der Waals surface area contributed by atoms with Gasteiger partial charge in [0.05, 0.1) is 0 Å². The van der Waals surface area contributed by atoms with Crippen LogP contribution in [0.15, 0.2) is 30.3 Å². The summed E-state index contributed by atoms with van der Waals surface area (Å²) < 4.78 is 0. The molecular weight excluding hydrogens is 232 g/mol. The van der Waals surface area contributed by atoms with Crippen molar-refractivity contribution in [2.45, 2.75) is 57.5 Å². The highest BCUT2D eigenvalue weighted by Crippen LogP contribution is 2.36. The molecule has 1 atom stereocenters. The normalized spacial score (nSPS) is 22.3. The third kappa shape index (κ3) is 3.18. The molecule has 106 valence electrons. The quantitative estimate of drug-likeness (QED) is 0.881. The lowest BCUT2D eigenvalue weighted by Crippen LogP contribution is -2.57. The summed E-state index contributed by atoms with van der Waals surface area (Å²) in [6.45, 7) is 8.98. The molecule has 0 spiro atoms. The molecule has 1 saturated heterocycles. The Morgan fingerprint density at radius 1 is 1.26 bits per heavy atom. The SMILES string of the molecule is CC1(C)CCCN1C(C)(CN)CCc1ccccc1. The minimum absolute atomic E-state index is 0.121. The zero-order chi connectivity index (χ0) is 13.9. The van der Waals surface area contributed by atoms with Gasteiger partial charge < -0.3 is 5.73 Å². The Hall–Kier alpha value is -0.860. The summed E-state index contributed by atoms with van der Waals surface area (Å²) in [4.78, 5) is 2.64. The first kappa shape index (κ1) is 14.5. The first-order chi connectivity index (χ1) is 8.98. The summed E-state index contributed by atoms with van der Waals surface area (Å²) in [6.07, 6.45) is 4.83. The number of nitrogens with zero attached hydrogens (tertiary/aromatic N) is 1. The van der Waals surface area contributed by atoms with Crippen LogP contribution in [0.1, 0.15) is 45.6 Å². The van der Waals surface area contributed by atoms with E-state index in [0.717, 1.165) is 19.4 Å². The van der Waals surface area contributed by atoms with E-state index < -0.39 is 0 Å². The van der Waals surface area contributed by atoms with Crippen molar-refractivity contribution in [2.75, 3.05) is 13.1 Å². The first-order valence-corrected chi connectivity index (χ1v) is 7.50. The minimum Gasteiger partial charge on any atom is -0.329 e. The van der Waals surface area contributed by atoms with Crippen LogP contribution < -0.4 is 5.73 Å². The molecule has 0 amide bonds. The molecule has 0 aromatic heterocycles. The van der Waals surface area contributed by atoms with Crippen LogP contribution >= 0.6 is 0 Å². The Labute approximate surface area is 118 Å². The highest BCUT2D eigenvalue weighted by Gasteiger charge is 2.42. The molecule has 2 heteroatoms. The summed E-state index contributed by atoms with van der Waals surface area (Å²) in [6, 6.07) is 10.7. The Kier molecular flexibility index (Phi) is 4.32. The number of benzene rings is 1. The van der Waals surface area contributed by atoms with Crippen LogP contribution in [-0.4, -0.2) is 29.1 Å². The van der Waals surface area contributed by atoms with Crippen LogP contribution in [0.2, 0.25) is 0 Å². The highest BCUT2D eigenvalue weighted by molar-refractivity contribution is 5.15. The molecule has 1 aromatic rings. The Bertz CT molecular complexity index is 399. The summed E-state index contributed by atoms with van der Waals surface area (Å²) in [5, 5.41) is 0. The molecule has 0 bridgehead atoms. The summed E-state index contributed by atoms with van der Waals surface area (Å²) >= 11 is 0. The smallest absolute Gasteiger partial charge is 0.0312 e. The fraction of sp³-hybridized carbons (Fsp3) is 0.647. The van der Waals surface area contributed by atoms with Crippen LogP contribution in [0.25, 0.3) is 0 Å². The molecule has 0 saturated carbocycles. The molecule has 0 radical (unpaired) electrons. The van der Waals surface area contributed by atoms with Gasteiger partial charge in [0.15, 0.2) is 0 Å². The average Bonchev–Trinajstić information content (AvgIpc) is 2.77. The predicted molar refractivity (Wildman–Crippen MR) is 82.2 cm³/mol. The molecule has 2 rings (SSSR count). The van der Waals surface area contributed by atoms with Gasteiger partial charge >= 0.3 is 0 Å². The first-order valence-electron chi connectivity index (χ1n) is 7.50. The summed E-state index contributed by atoms with van der Waals surface area (Å²) in [5.41, 5.74) is 7.96. The van der Waals surface area contributed by atoms with E-state index in [2.05, 4.69) is 56.0 Å². The molecule has 1 aliphatic heterocycles. The fourth-order valence-corrected chi connectivity index (χ4v) is 3.51. The van der Waals surface area contributed by atoms with Gasteiger partial charge in [-0.2, -0.15) is 0 Å². The van der Waals surface area contributed by atoms with Crippen LogP contribution in [0.5, 0.6) is 0 Å². The molecule has 1 unspecified atom stereocenters. The summed E-state index contributed by atoms with van der Waals surface area (Å²) in [5.74, 6) is 0. The molecule has 1 heterocycles. The van der Waals surface area contributed by atoms with Gasteiger partial charge in [0.1, 0.15) is 0 Å². The average molecular weight is 260 g/mol. The Morgan fingerprint density at radius 3 is 2.47 bits per heavy atom. The molecule has 1 aliphatic rings. The van der Waals surface area contributed by atoms with Gasteiger partial charge in [-0.1, -0.05) is 30.3 Å². The molecule has 2 N–H and O–H groups in total. The van der Waals surface area contributed by atoms with Crippen molar-refractivity contribution in [1.29, 1.82) is 0 Å². The van der Waals surface area contributed by atoms with Gasteiger partial charge in [0.2, 0.25) is 0 Å². The predicted octanol–water partition coefficient (Wildman–Crippen LogP) is 3.21. The van der Waals surface area contributed by atoms with E-state index in [0.29, 0.717) is 5.54 Å². The maximum atomic E-state index is 6.13. The van der Waals surface area contributed by atoms with Gasteiger partial charge in [0, 0.05) is 17.6 Å². The zero-order valence-corrected chi connectivity index (χ0v) is 12.7. The van der Waals surface area contributed by atoms with Crippen LogP contribution in [-0.2, 0) is 6.42 Å². The van der Waals surface area contributed by atoms with Crippen LogP contribution in [0, 0.1) is 0 Å². The lowest BCUT2D eigenvalue weighted by atomic mass is 9.87. The lowest BCUT2D eigenvalue weighted by molar-refractivity contribution is 0.0416. The third-order valence-corrected chi connectivity index (χ3v) is 4.79. The van der Waals surface area contributed by atoms with Crippen molar-refractivity contribution >= 4 is 0 Å². The van der Waals surface area contributed by atoms with Crippen molar-refractivity contribution in [2.24, 2.45) is 5.73 Å². The lowest BCUT2D eigenvalue weighted by Gasteiger charge is -2.46. The summed E-state index contributed by atoms with van der Waals surface area (Å²) in [7, 11) is 0. The second-order valence-corrected chi connectivity index (χ2v) is 6.75. The number of rotatable bonds is 5. The van der Waals surface area contributed by atoms with E-state index in [1.54, 1.807) is 0 Å². The molecule has 19 heavy (non-hydrogen) atoms. The monoisotopic (exact) mass is 260 g/mol. The zero-order valence-electron chi connectivity index (χ0n) is 12.7. The molecular formula is C17H28N2. The third-order valence-electron chi connectivity index (χ3n) is 4.79. The Morgan fingerprint density at radius 2 is 1.95 bits per heavy atom. The van der Waals surface area contributed by atoms with Gasteiger partial charge in [-0.05, 0) is 58.6 Å². The standard InChI is InChI=1S/C17H28N2/c1-16(2)11-7-13-19(16)17(3,14-18)12-10-15-8-5-4-6-9-15/h4-6,8-9H,7,10-14,18H2,1-3H3. The van der Waals surface area contributed by atoms with E-state index in [1.807, 2.05) is 0 Å². The fourth-order valence-electron chi connectivity index (χ4n) is 3.51. The molecule has 0 aliphatic carbocycles. The second-order valence-electron chi connectivity index (χ2n) is 6.75. The van der Waals surface area contributed by atoms with Crippen molar-refractivity contribution in [1.82, 2.24) is 4.90 Å². The Balaban J connectivity index is 2.06.